The van der Waals surface area contributed by atoms with E-state index in [0.29, 0.717) is 0 Å². The van der Waals surface area contributed by atoms with Gasteiger partial charge >= 0.3 is 0 Å². The second-order valence-corrected chi connectivity index (χ2v) is 12.0. The van der Waals surface area contributed by atoms with Crippen molar-refractivity contribution in [3.05, 3.63) is 42.0 Å². The van der Waals surface area contributed by atoms with E-state index in [1.54, 1.807) is 0 Å². The molecule has 0 heterocycles. The third kappa shape index (κ3) is 4.01. The lowest BCUT2D eigenvalue weighted by Crippen LogP contribution is -2.44. The first-order valence-corrected chi connectivity index (χ1v) is 12.1. The molecule has 0 spiro atoms. The molecule has 134 valence electrons. The Bertz CT molecular complexity index is 528. The minimum atomic E-state index is -1.66. The predicted molar refractivity (Wildman–Crippen MR) is 105 cm³/mol. The maximum atomic E-state index is 10.9. The van der Waals surface area contributed by atoms with Crippen LogP contribution in [-0.4, -0.2) is 25.6 Å². The van der Waals surface area contributed by atoms with Crippen molar-refractivity contribution in [3.8, 4) is 0 Å². The highest BCUT2D eigenvalue weighted by Gasteiger charge is 2.38. The minimum absolute atomic E-state index is 0.134. The highest BCUT2D eigenvalue weighted by molar-refractivity contribution is 6.73. The van der Waals surface area contributed by atoms with Gasteiger partial charge in [-0.15, -0.1) is 0 Å². The second-order valence-electron chi connectivity index (χ2n) is 7.30. The first-order valence-electron chi connectivity index (χ1n) is 9.59. The van der Waals surface area contributed by atoms with Crippen molar-refractivity contribution in [1.82, 2.24) is 0 Å². The fourth-order valence-corrected chi connectivity index (χ4v) is 6.94. The third-order valence-electron chi connectivity index (χ3n) is 6.14. The lowest BCUT2D eigenvalue weighted by Gasteiger charge is -2.37. The first kappa shape index (κ1) is 19.4. The van der Waals surface area contributed by atoms with Crippen molar-refractivity contribution in [2.75, 3.05) is 0 Å². The molecule has 0 saturated carbocycles. The number of benzene rings is 1. The van der Waals surface area contributed by atoms with Gasteiger partial charge in [0.1, 0.15) is 0 Å². The summed E-state index contributed by atoms with van der Waals surface area (Å²) in [5.41, 5.74) is 2.49. The van der Waals surface area contributed by atoms with Crippen molar-refractivity contribution in [2.45, 2.75) is 71.4 Å². The summed E-state index contributed by atoms with van der Waals surface area (Å²) in [6.07, 6.45) is 3.00. The number of aliphatic hydroxyl groups excluding tert-OH is 1. The van der Waals surface area contributed by atoms with E-state index in [2.05, 4.69) is 65.0 Å². The van der Waals surface area contributed by atoms with Crippen LogP contribution in [0, 0.1) is 11.8 Å². The maximum Gasteiger partial charge on any atom is 0.192 e. The molecule has 1 aliphatic rings. The van der Waals surface area contributed by atoms with Crippen LogP contribution in [0.25, 0.3) is 5.57 Å². The average molecular weight is 347 g/mol. The lowest BCUT2D eigenvalue weighted by atomic mass is 9.85. The van der Waals surface area contributed by atoms with Crippen LogP contribution in [0.15, 0.2) is 36.4 Å². The molecule has 0 aromatic heterocycles. The quantitative estimate of drug-likeness (QED) is 0.689. The van der Waals surface area contributed by atoms with Crippen LogP contribution in [0.1, 0.15) is 46.6 Å². The van der Waals surface area contributed by atoms with Gasteiger partial charge < -0.3 is 9.53 Å². The lowest BCUT2D eigenvalue weighted by molar-refractivity contribution is 0.0181. The highest BCUT2D eigenvalue weighted by Crippen LogP contribution is 2.37. The molecule has 0 aliphatic heterocycles. The molecule has 0 fully saturated rings. The molecule has 0 amide bonds. The molecule has 1 N–H and O–H groups in total. The number of rotatable bonds is 6. The minimum Gasteiger partial charge on any atom is -0.413 e. The van der Waals surface area contributed by atoms with E-state index in [1.165, 1.54) is 11.1 Å². The molecule has 24 heavy (non-hydrogen) atoms. The van der Waals surface area contributed by atoms with Crippen LogP contribution in [0.4, 0.5) is 0 Å². The summed E-state index contributed by atoms with van der Waals surface area (Å²) in [7, 11) is -1.66. The molecular weight excluding hydrogens is 312 g/mol. The van der Waals surface area contributed by atoms with Crippen LogP contribution in [0.3, 0.4) is 0 Å². The Balaban J connectivity index is 2.28. The zero-order valence-corrected chi connectivity index (χ0v) is 17.0. The topological polar surface area (TPSA) is 29.5 Å². The third-order valence-corrected chi connectivity index (χ3v) is 10.8. The molecule has 0 saturated heterocycles. The summed E-state index contributed by atoms with van der Waals surface area (Å²) >= 11 is 0. The van der Waals surface area contributed by atoms with Gasteiger partial charge in [0.2, 0.25) is 0 Å². The Hall–Kier alpha value is -0.903. The monoisotopic (exact) mass is 346 g/mol. The molecule has 1 aromatic carbocycles. The zero-order valence-electron chi connectivity index (χ0n) is 16.0. The molecule has 1 aliphatic carbocycles. The van der Waals surface area contributed by atoms with Crippen LogP contribution in [0.5, 0.6) is 0 Å². The second kappa shape index (κ2) is 8.46. The van der Waals surface area contributed by atoms with Crippen molar-refractivity contribution in [2.24, 2.45) is 11.8 Å². The molecule has 4 atom stereocenters. The van der Waals surface area contributed by atoms with Gasteiger partial charge in [0.15, 0.2) is 8.32 Å². The normalized spacial score (nSPS) is 28.3. The SMILES string of the molecule is CC[Si](CC)(CC)O[C@@H]1CC=C(c2ccccc2)[C@H](C)[C@H](O)[C@H]1C. The fraction of sp³-hybridized carbons (Fsp3) is 0.619. The molecule has 0 bridgehead atoms. The molecule has 1 aromatic rings. The number of hydrogen-bond acceptors (Lipinski definition) is 2. The van der Waals surface area contributed by atoms with E-state index < -0.39 is 8.32 Å². The van der Waals surface area contributed by atoms with E-state index in [0.717, 1.165) is 24.6 Å². The smallest absolute Gasteiger partial charge is 0.192 e. The summed E-state index contributed by atoms with van der Waals surface area (Å²) < 4.78 is 6.76. The molecule has 0 radical (unpaired) electrons. The first-order chi connectivity index (χ1) is 11.5. The summed E-state index contributed by atoms with van der Waals surface area (Å²) in [5, 5.41) is 10.9. The summed E-state index contributed by atoms with van der Waals surface area (Å²) in [6.45, 7) is 11.1. The molecule has 3 heteroatoms. The Morgan fingerprint density at radius 2 is 1.62 bits per heavy atom. The van der Waals surface area contributed by atoms with E-state index in [-0.39, 0.29) is 24.0 Å². The van der Waals surface area contributed by atoms with Crippen LogP contribution in [-0.2, 0) is 4.43 Å². The van der Waals surface area contributed by atoms with E-state index in [4.69, 9.17) is 4.43 Å². The Kier molecular flexibility index (Phi) is 6.85. The van der Waals surface area contributed by atoms with E-state index >= 15 is 0 Å². The van der Waals surface area contributed by atoms with E-state index in [9.17, 15) is 5.11 Å². The standard InChI is InChI=1S/C21H34O2Si/c1-6-24(7-2,8-3)23-20-15-14-19(16(4)21(22)17(20)5)18-12-10-9-11-13-18/h9-14,16-17,20-22H,6-8,15H2,1-5H3/t16-,17-,20+,21-/m0/s1. The van der Waals surface area contributed by atoms with Crippen LogP contribution >= 0.6 is 0 Å². The van der Waals surface area contributed by atoms with E-state index in [1.807, 2.05) is 6.07 Å². The molecule has 2 nitrogen and oxygen atoms in total. The van der Waals surface area contributed by atoms with Gasteiger partial charge in [-0.05, 0) is 35.7 Å². The fourth-order valence-electron chi connectivity index (χ4n) is 3.99. The van der Waals surface area contributed by atoms with Crippen molar-refractivity contribution in [1.29, 1.82) is 0 Å². The molecular formula is C21H34O2Si. The Morgan fingerprint density at radius 3 is 2.17 bits per heavy atom. The van der Waals surface area contributed by atoms with Gasteiger partial charge in [-0.25, -0.2) is 0 Å². The average Bonchev–Trinajstić information content (AvgIpc) is 2.73. The molecule has 2 rings (SSSR count). The van der Waals surface area contributed by atoms with Crippen LogP contribution < -0.4 is 0 Å². The van der Waals surface area contributed by atoms with Crippen LogP contribution in [0.2, 0.25) is 18.1 Å². The van der Waals surface area contributed by atoms with Gasteiger partial charge in [0, 0.05) is 11.8 Å². The van der Waals surface area contributed by atoms with Gasteiger partial charge in [-0.1, -0.05) is 71.0 Å². The largest absolute Gasteiger partial charge is 0.413 e. The van der Waals surface area contributed by atoms with Crippen molar-refractivity contribution in [3.63, 3.8) is 0 Å². The maximum absolute atomic E-state index is 10.9. The summed E-state index contributed by atoms with van der Waals surface area (Å²) in [5.74, 6) is 0.297. The van der Waals surface area contributed by atoms with Gasteiger partial charge in [-0.3, -0.25) is 0 Å². The Labute approximate surface area is 149 Å². The molecule has 0 unspecified atom stereocenters. The van der Waals surface area contributed by atoms with Crippen molar-refractivity contribution >= 4 is 13.9 Å². The van der Waals surface area contributed by atoms with Gasteiger partial charge in [0.25, 0.3) is 0 Å². The van der Waals surface area contributed by atoms with Crippen molar-refractivity contribution < 1.29 is 9.53 Å². The number of hydrogen-bond donors (Lipinski definition) is 1. The zero-order chi connectivity index (χ0) is 17.7. The Morgan fingerprint density at radius 1 is 1.04 bits per heavy atom. The predicted octanol–water partition coefficient (Wildman–Crippen LogP) is 5.50. The summed E-state index contributed by atoms with van der Waals surface area (Å²) in [4.78, 5) is 0. The summed E-state index contributed by atoms with van der Waals surface area (Å²) in [6, 6.07) is 13.9. The number of aliphatic hydroxyl groups is 1. The highest BCUT2D eigenvalue weighted by atomic mass is 28.4. The van der Waals surface area contributed by atoms with Gasteiger partial charge in [-0.2, -0.15) is 0 Å². The van der Waals surface area contributed by atoms with Gasteiger partial charge in [0.05, 0.1) is 12.2 Å².